The van der Waals surface area contributed by atoms with E-state index in [2.05, 4.69) is 171 Å². The van der Waals surface area contributed by atoms with Crippen LogP contribution in [0.2, 0.25) is 0 Å². The molecule has 0 nitrogen and oxygen atoms in total. The molecule has 2 aromatic heterocycles. The minimum atomic E-state index is 1.26. The highest BCUT2D eigenvalue weighted by Crippen LogP contribution is 2.47. The fourth-order valence-electron chi connectivity index (χ4n) is 8.26. The zero-order chi connectivity index (χ0) is 33.3. The topological polar surface area (TPSA) is 0 Å². The van der Waals surface area contributed by atoms with Crippen molar-refractivity contribution >= 4 is 75.2 Å². The van der Waals surface area contributed by atoms with E-state index in [0.29, 0.717) is 0 Å². The van der Waals surface area contributed by atoms with Crippen LogP contribution in [0.5, 0.6) is 0 Å². The zero-order valence-electron chi connectivity index (χ0n) is 27.8. The smallest absolute Gasteiger partial charge is 0.0361 e. The molecule has 0 amide bonds. The lowest BCUT2D eigenvalue weighted by atomic mass is 9.84. The van der Waals surface area contributed by atoms with E-state index < -0.39 is 0 Å². The predicted molar refractivity (Wildman–Crippen MR) is 221 cm³/mol. The average molecular weight is 673 g/mol. The van der Waals surface area contributed by atoms with Gasteiger partial charge in [0.1, 0.15) is 0 Å². The van der Waals surface area contributed by atoms with Gasteiger partial charge in [-0.3, -0.25) is 0 Å². The van der Waals surface area contributed by atoms with Crippen molar-refractivity contribution in [3.8, 4) is 43.8 Å². The second-order valence-electron chi connectivity index (χ2n) is 13.3. The first-order chi connectivity index (χ1) is 24.7. The maximum absolute atomic E-state index is 2.44. The molecule has 0 spiro atoms. The van der Waals surface area contributed by atoms with Gasteiger partial charge in [0, 0.05) is 30.6 Å². The molecule has 0 aliphatic carbocycles. The van der Waals surface area contributed by atoms with Gasteiger partial charge in [-0.15, -0.1) is 22.7 Å². The van der Waals surface area contributed by atoms with Crippen molar-refractivity contribution in [1.82, 2.24) is 0 Å². The number of hydrogen-bond acceptors (Lipinski definition) is 2. The van der Waals surface area contributed by atoms with Gasteiger partial charge >= 0.3 is 0 Å². The molecule has 0 atom stereocenters. The van der Waals surface area contributed by atoms with Crippen molar-refractivity contribution in [2.24, 2.45) is 0 Å². The molecule has 50 heavy (non-hydrogen) atoms. The van der Waals surface area contributed by atoms with Gasteiger partial charge < -0.3 is 0 Å². The summed E-state index contributed by atoms with van der Waals surface area (Å²) in [7, 11) is 0. The minimum Gasteiger partial charge on any atom is -0.144 e. The largest absolute Gasteiger partial charge is 0.144 e. The fourth-order valence-corrected chi connectivity index (χ4v) is 10.2. The highest BCUT2D eigenvalue weighted by molar-refractivity contribution is 7.25. The molecular weight excluding hydrogens is 641 g/mol. The van der Waals surface area contributed by atoms with Crippen molar-refractivity contribution < 1.29 is 0 Å². The van der Waals surface area contributed by atoms with E-state index in [1.54, 1.807) is 0 Å². The Balaban J connectivity index is 1.17. The Labute approximate surface area is 299 Å². The summed E-state index contributed by atoms with van der Waals surface area (Å²) in [5.74, 6) is 0. The summed E-state index contributed by atoms with van der Waals surface area (Å²) in [5, 5.41) is 12.6. The third-order valence-electron chi connectivity index (χ3n) is 10.6. The summed E-state index contributed by atoms with van der Waals surface area (Å²) in [4.78, 5) is 1.31. The summed E-state index contributed by atoms with van der Waals surface area (Å²) in [6.45, 7) is 4.58. The molecule has 2 heteroatoms. The maximum atomic E-state index is 2.44. The number of fused-ring (bicyclic) bond motifs is 6. The lowest BCUT2D eigenvalue weighted by Gasteiger charge is -2.19. The molecule has 10 rings (SSSR count). The molecule has 0 N–H and O–H groups in total. The quantitative estimate of drug-likeness (QED) is 0.163. The Morgan fingerprint density at radius 2 is 0.860 bits per heavy atom. The van der Waals surface area contributed by atoms with Gasteiger partial charge in [-0.2, -0.15) is 0 Å². The first kappa shape index (κ1) is 29.4. The van der Waals surface area contributed by atoms with Crippen molar-refractivity contribution in [1.29, 1.82) is 0 Å². The number of hydrogen-bond donors (Lipinski definition) is 0. The van der Waals surface area contributed by atoms with Gasteiger partial charge in [0.15, 0.2) is 0 Å². The van der Waals surface area contributed by atoms with Crippen LogP contribution < -0.4 is 0 Å². The highest BCUT2D eigenvalue weighted by Gasteiger charge is 2.20. The minimum absolute atomic E-state index is 1.26. The molecule has 10 aromatic rings. The maximum Gasteiger partial charge on any atom is 0.0361 e. The van der Waals surface area contributed by atoms with E-state index in [1.807, 2.05) is 22.7 Å². The summed E-state index contributed by atoms with van der Waals surface area (Å²) >= 11 is 3.71. The zero-order valence-corrected chi connectivity index (χ0v) is 29.5. The van der Waals surface area contributed by atoms with Crippen molar-refractivity contribution in [2.75, 3.05) is 0 Å². The van der Waals surface area contributed by atoms with Crippen LogP contribution in [-0.4, -0.2) is 0 Å². The van der Waals surface area contributed by atoms with Crippen molar-refractivity contribution in [3.63, 3.8) is 0 Å². The van der Waals surface area contributed by atoms with Crippen LogP contribution in [0.3, 0.4) is 0 Å². The van der Waals surface area contributed by atoms with Gasteiger partial charge in [-0.05, 0) is 120 Å². The molecule has 0 aliphatic rings. The molecule has 8 aromatic carbocycles. The molecule has 0 saturated heterocycles. The first-order valence-corrected chi connectivity index (χ1v) is 18.9. The van der Waals surface area contributed by atoms with E-state index in [1.165, 1.54) is 107 Å². The van der Waals surface area contributed by atoms with Crippen LogP contribution in [0.15, 0.2) is 157 Å². The van der Waals surface area contributed by atoms with Crippen LogP contribution in [0.1, 0.15) is 11.1 Å². The van der Waals surface area contributed by atoms with E-state index in [0.717, 1.165) is 0 Å². The van der Waals surface area contributed by atoms with Gasteiger partial charge in [-0.25, -0.2) is 0 Å². The normalized spacial score (nSPS) is 11.8. The second kappa shape index (κ2) is 11.5. The molecule has 0 saturated carbocycles. The Morgan fingerprint density at radius 3 is 1.46 bits per heavy atom. The average Bonchev–Trinajstić information content (AvgIpc) is 3.82. The lowest BCUT2D eigenvalue weighted by molar-refractivity contribution is 1.36. The van der Waals surface area contributed by atoms with E-state index in [-0.39, 0.29) is 0 Å². The van der Waals surface area contributed by atoms with Crippen molar-refractivity contribution in [2.45, 2.75) is 13.8 Å². The van der Waals surface area contributed by atoms with E-state index >= 15 is 0 Å². The number of rotatable bonds is 4. The summed E-state index contributed by atoms with van der Waals surface area (Å²) in [6, 6.07) is 56.3. The van der Waals surface area contributed by atoms with Crippen LogP contribution in [-0.2, 0) is 0 Å². The summed E-state index contributed by atoms with van der Waals surface area (Å²) in [6.07, 6.45) is 0. The summed E-state index contributed by atoms with van der Waals surface area (Å²) < 4.78 is 2.65. The Kier molecular flexibility index (Phi) is 6.77. The molecule has 236 valence electrons. The molecule has 2 heterocycles. The van der Waals surface area contributed by atoms with Crippen LogP contribution in [0.4, 0.5) is 0 Å². The summed E-state index contributed by atoms with van der Waals surface area (Å²) in [5.41, 5.74) is 11.8. The molecule has 0 radical (unpaired) electrons. The molecule has 0 bridgehead atoms. The first-order valence-electron chi connectivity index (χ1n) is 17.2. The Bertz CT molecular complexity index is 2870. The van der Waals surface area contributed by atoms with Crippen molar-refractivity contribution in [3.05, 3.63) is 168 Å². The van der Waals surface area contributed by atoms with Gasteiger partial charge in [0.05, 0.1) is 0 Å². The fraction of sp³-hybridized carbons (Fsp3) is 0.0417. The van der Waals surface area contributed by atoms with Crippen LogP contribution in [0.25, 0.3) is 96.3 Å². The molecule has 0 unspecified atom stereocenters. The standard InChI is InChI=1S/C48H32S2/c1-29-30(2)46(36-16-7-6-15-35(36)45(29)31-13-4-3-5-14-31)33-22-24-34-41-27-32(23-25-42(41)50-44(34)28-33)47-37-17-8-10-19-39(37)48(43-21-12-26-49-43)40-20-11-9-18-38(40)47/h3-28H,1-2H3. The monoisotopic (exact) mass is 672 g/mol. The highest BCUT2D eigenvalue weighted by atomic mass is 32.1. The number of thiophene rings is 2. The second-order valence-corrected chi connectivity index (χ2v) is 15.3. The van der Waals surface area contributed by atoms with Crippen LogP contribution in [0, 0.1) is 13.8 Å². The SMILES string of the molecule is Cc1c(C)c(-c2ccc3c(c2)sc2ccc(-c4c5ccccc5c(-c5cccs5)c5ccccc45)cc23)c2ccccc2c1-c1ccccc1. The molecule has 0 fully saturated rings. The lowest BCUT2D eigenvalue weighted by Crippen LogP contribution is -1.95. The molecular formula is C48H32S2. The Morgan fingerprint density at radius 1 is 0.340 bits per heavy atom. The predicted octanol–water partition coefficient (Wildman–Crippen LogP) is 14.9. The van der Waals surface area contributed by atoms with Gasteiger partial charge in [0.25, 0.3) is 0 Å². The third kappa shape index (κ3) is 4.42. The molecule has 0 aliphatic heterocycles. The van der Waals surface area contributed by atoms with Gasteiger partial charge in [0.2, 0.25) is 0 Å². The van der Waals surface area contributed by atoms with E-state index in [9.17, 15) is 0 Å². The number of benzene rings is 8. The Hall–Kier alpha value is -5.54. The third-order valence-corrected chi connectivity index (χ3v) is 12.6. The van der Waals surface area contributed by atoms with Gasteiger partial charge in [-0.1, -0.05) is 127 Å². The van der Waals surface area contributed by atoms with E-state index in [4.69, 9.17) is 0 Å². The van der Waals surface area contributed by atoms with Crippen LogP contribution >= 0.6 is 22.7 Å².